The standard InChI is InChI=1S/C25H27ClFN5O/c1-15-12-22(21(27)13-19(15)16-8-10-17(11-9-16)24(33)28-2)31-25-29-14-20(26)23(32-25)30-18-6-4-3-5-7-18/h8-14,18H,3-7H2,1-2H3,(H,28,33)(H2,29,30,31,32). The van der Waals surface area contributed by atoms with Gasteiger partial charge in [-0.05, 0) is 60.7 Å². The molecule has 0 saturated heterocycles. The van der Waals surface area contributed by atoms with Crippen molar-refractivity contribution in [1.29, 1.82) is 0 Å². The van der Waals surface area contributed by atoms with Gasteiger partial charge in [-0.1, -0.05) is 43.0 Å². The third-order valence-corrected chi connectivity index (χ3v) is 6.21. The summed E-state index contributed by atoms with van der Waals surface area (Å²) in [7, 11) is 1.58. The quantitative estimate of drug-likeness (QED) is 0.408. The fourth-order valence-corrected chi connectivity index (χ4v) is 4.27. The molecule has 1 aliphatic rings. The van der Waals surface area contributed by atoms with Crippen LogP contribution in [0.4, 0.5) is 21.8 Å². The molecule has 1 amide bonds. The summed E-state index contributed by atoms with van der Waals surface area (Å²) in [4.78, 5) is 20.4. The lowest BCUT2D eigenvalue weighted by atomic mass is 9.95. The molecular weight excluding hydrogens is 441 g/mol. The highest BCUT2D eigenvalue weighted by atomic mass is 35.5. The highest BCUT2D eigenvalue weighted by Crippen LogP contribution is 2.31. The van der Waals surface area contributed by atoms with E-state index in [4.69, 9.17) is 11.6 Å². The highest BCUT2D eigenvalue weighted by Gasteiger charge is 2.17. The number of hydrogen-bond acceptors (Lipinski definition) is 5. The first kappa shape index (κ1) is 23.0. The SMILES string of the molecule is CNC(=O)c1ccc(-c2cc(F)c(Nc3ncc(Cl)c(NC4CCCCC4)n3)cc2C)cc1. The van der Waals surface area contributed by atoms with Crippen molar-refractivity contribution < 1.29 is 9.18 Å². The molecule has 0 radical (unpaired) electrons. The molecule has 0 unspecified atom stereocenters. The van der Waals surface area contributed by atoms with E-state index in [-0.39, 0.29) is 17.5 Å². The van der Waals surface area contributed by atoms with Gasteiger partial charge in [0.25, 0.3) is 5.91 Å². The minimum atomic E-state index is -0.425. The van der Waals surface area contributed by atoms with Crippen LogP contribution in [0.3, 0.4) is 0 Å². The first-order valence-corrected chi connectivity index (χ1v) is 11.5. The van der Waals surface area contributed by atoms with Gasteiger partial charge < -0.3 is 16.0 Å². The van der Waals surface area contributed by atoms with E-state index >= 15 is 0 Å². The average molecular weight is 468 g/mol. The van der Waals surface area contributed by atoms with Crippen LogP contribution in [0.15, 0.2) is 42.6 Å². The van der Waals surface area contributed by atoms with E-state index in [1.165, 1.54) is 31.5 Å². The number of nitrogens with one attached hydrogen (secondary N) is 3. The zero-order valence-electron chi connectivity index (χ0n) is 18.7. The van der Waals surface area contributed by atoms with Crippen LogP contribution in [-0.4, -0.2) is 29.0 Å². The van der Waals surface area contributed by atoms with Crippen molar-refractivity contribution in [3.05, 3.63) is 64.6 Å². The number of anilines is 3. The van der Waals surface area contributed by atoms with Crippen molar-refractivity contribution in [2.45, 2.75) is 45.1 Å². The maximum absolute atomic E-state index is 15.0. The molecule has 3 aromatic rings. The van der Waals surface area contributed by atoms with Crippen molar-refractivity contribution >= 4 is 35.0 Å². The van der Waals surface area contributed by atoms with Crippen LogP contribution in [0, 0.1) is 12.7 Å². The fourth-order valence-electron chi connectivity index (χ4n) is 4.12. The Labute approximate surface area is 198 Å². The van der Waals surface area contributed by atoms with Gasteiger partial charge in [0.15, 0.2) is 5.82 Å². The predicted molar refractivity (Wildman–Crippen MR) is 131 cm³/mol. The number of aryl methyl sites for hydroxylation is 1. The fraction of sp³-hybridized carbons (Fsp3) is 0.320. The van der Waals surface area contributed by atoms with Gasteiger partial charge in [-0.3, -0.25) is 4.79 Å². The number of benzene rings is 2. The Morgan fingerprint density at radius 1 is 1.12 bits per heavy atom. The van der Waals surface area contributed by atoms with E-state index in [0.717, 1.165) is 29.5 Å². The summed E-state index contributed by atoms with van der Waals surface area (Å²) < 4.78 is 15.0. The van der Waals surface area contributed by atoms with Crippen LogP contribution in [0.5, 0.6) is 0 Å². The monoisotopic (exact) mass is 467 g/mol. The number of carbonyl (C=O) groups is 1. The summed E-state index contributed by atoms with van der Waals surface area (Å²) in [6.45, 7) is 1.91. The summed E-state index contributed by atoms with van der Waals surface area (Å²) in [6.07, 6.45) is 7.34. The second-order valence-electron chi connectivity index (χ2n) is 8.30. The number of amides is 1. The molecule has 172 valence electrons. The Morgan fingerprint density at radius 2 is 1.85 bits per heavy atom. The molecule has 1 fully saturated rings. The van der Waals surface area contributed by atoms with Gasteiger partial charge in [-0.25, -0.2) is 9.37 Å². The number of rotatable bonds is 6. The van der Waals surface area contributed by atoms with Gasteiger partial charge >= 0.3 is 0 Å². The molecule has 6 nitrogen and oxygen atoms in total. The van der Waals surface area contributed by atoms with E-state index in [1.54, 1.807) is 25.2 Å². The molecule has 0 bridgehead atoms. The van der Waals surface area contributed by atoms with Gasteiger partial charge in [0.05, 0.1) is 11.9 Å². The summed E-state index contributed by atoms with van der Waals surface area (Å²) >= 11 is 6.29. The van der Waals surface area contributed by atoms with E-state index in [9.17, 15) is 9.18 Å². The van der Waals surface area contributed by atoms with E-state index < -0.39 is 5.82 Å². The number of halogens is 2. The Balaban J connectivity index is 1.54. The van der Waals surface area contributed by atoms with Crippen molar-refractivity contribution in [3.8, 4) is 11.1 Å². The third kappa shape index (κ3) is 5.42. The number of aromatic nitrogens is 2. The van der Waals surface area contributed by atoms with Crippen LogP contribution >= 0.6 is 11.6 Å². The van der Waals surface area contributed by atoms with Gasteiger partial charge in [-0.2, -0.15) is 4.98 Å². The van der Waals surface area contributed by atoms with Crippen molar-refractivity contribution in [2.75, 3.05) is 17.7 Å². The molecule has 0 spiro atoms. The molecule has 4 rings (SSSR count). The van der Waals surface area contributed by atoms with Crippen LogP contribution < -0.4 is 16.0 Å². The number of nitrogens with zero attached hydrogens (tertiary/aromatic N) is 2. The lowest BCUT2D eigenvalue weighted by molar-refractivity contribution is 0.0963. The minimum absolute atomic E-state index is 0.163. The number of carbonyl (C=O) groups excluding carboxylic acids is 1. The lowest BCUT2D eigenvalue weighted by Crippen LogP contribution is -2.23. The van der Waals surface area contributed by atoms with Crippen molar-refractivity contribution in [3.63, 3.8) is 0 Å². The molecular formula is C25H27ClFN5O. The van der Waals surface area contributed by atoms with Crippen LogP contribution in [0.2, 0.25) is 5.02 Å². The molecule has 3 N–H and O–H groups in total. The van der Waals surface area contributed by atoms with Crippen molar-refractivity contribution in [2.24, 2.45) is 0 Å². The smallest absolute Gasteiger partial charge is 0.251 e. The van der Waals surface area contributed by atoms with Crippen LogP contribution in [0.25, 0.3) is 11.1 Å². The Kier molecular flexibility index (Phi) is 7.08. The van der Waals surface area contributed by atoms with E-state index in [0.29, 0.717) is 22.4 Å². The summed E-state index contributed by atoms with van der Waals surface area (Å²) in [5.41, 5.74) is 3.28. The molecule has 1 saturated carbocycles. The first-order valence-electron chi connectivity index (χ1n) is 11.1. The maximum Gasteiger partial charge on any atom is 0.251 e. The highest BCUT2D eigenvalue weighted by molar-refractivity contribution is 6.32. The average Bonchev–Trinajstić information content (AvgIpc) is 2.83. The summed E-state index contributed by atoms with van der Waals surface area (Å²) in [5.74, 6) is 0.250. The second-order valence-corrected chi connectivity index (χ2v) is 8.71. The predicted octanol–water partition coefficient (Wildman–Crippen LogP) is 6.09. The van der Waals surface area contributed by atoms with Gasteiger partial charge in [0.2, 0.25) is 5.95 Å². The van der Waals surface area contributed by atoms with Crippen LogP contribution in [-0.2, 0) is 0 Å². The molecule has 2 aromatic carbocycles. The molecule has 0 atom stereocenters. The van der Waals surface area contributed by atoms with Crippen LogP contribution in [0.1, 0.15) is 48.0 Å². The zero-order valence-corrected chi connectivity index (χ0v) is 19.5. The molecule has 33 heavy (non-hydrogen) atoms. The number of hydrogen-bond donors (Lipinski definition) is 3. The molecule has 1 aromatic heterocycles. The zero-order chi connectivity index (χ0) is 23.4. The van der Waals surface area contributed by atoms with Gasteiger partial charge in [0, 0.05) is 18.7 Å². The topological polar surface area (TPSA) is 78.9 Å². The van der Waals surface area contributed by atoms with E-state index in [1.807, 2.05) is 19.1 Å². The Morgan fingerprint density at radius 3 is 2.55 bits per heavy atom. The summed E-state index contributed by atoms with van der Waals surface area (Å²) in [6, 6.07) is 10.6. The van der Waals surface area contributed by atoms with Crippen molar-refractivity contribution in [1.82, 2.24) is 15.3 Å². The van der Waals surface area contributed by atoms with E-state index in [2.05, 4.69) is 25.9 Å². The lowest BCUT2D eigenvalue weighted by Gasteiger charge is -2.23. The third-order valence-electron chi connectivity index (χ3n) is 5.94. The minimum Gasteiger partial charge on any atom is -0.366 e. The Hall–Kier alpha value is -3.19. The largest absolute Gasteiger partial charge is 0.366 e. The molecule has 8 heteroatoms. The molecule has 0 aliphatic heterocycles. The Bertz CT molecular complexity index is 1150. The van der Waals surface area contributed by atoms with Gasteiger partial charge in [-0.15, -0.1) is 0 Å². The summed E-state index contributed by atoms with van der Waals surface area (Å²) in [5, 5.41) is 9.42. The maximum atomic E-state index is 15.0. The van der Waals surface area contributed by atoms with Gasteiger partial charge in [0.1, 0.15) is 10.8 Å². The molecule has 1 aliphatic carbocycles. The second kappa shape index (κ2) is 10.2. The molecule has 1 heterocycles. The normalized spacial score (nSPS) is 14.1. The first-order chi connectivity index (χ1) is 15.9.